The van der Waals surface area contributed by atoms with Crippen LogP contribution in [0.3, 0.4) is 0 Å². The number of fused-ring (bicyclic) bond motifs is 1. The van der Waals surface area contributed by atoms with E-state index in [1.54, 1.807) is 10.9 Å². The summed E-state index contributed by atoms with van der Waals surface area (Å²) >= 11 is 0. The molecule has 0 spiro atoms. The minimum Gasteiger partial charge on any atom is -0.342 e. The van der Waals surface area contributed by atoms with Crippen LogP contribution >= 0.6 is 0 Å². The number of likely N-dealkylation sites (tertiary alicyclic amines) is 1. The Morgan fingerprint density at radius 3 is 2.62 bits per heavy atom. The molecule has 0 saturated carbocycles. The Morgan fingerprint density at radius 2 is 1.93 bits per heavy atom. The van der Waals surface area contributed by atoms with Crippen molar-refractivity contribution in [2.45, 2.75) is 25.3 Å². The van der Waals surface area contributed by atoms with E-state index in [0.717, 1.165) is 42.4 Å². The molecule has 1 fully saturated rings. The largest absolute Gasteiger partial charge is 0.342 e. The summed E-state index contributed by atoms with van der Waals surface area (Å²) < 4.78 is 16.3. The standard InChI is InChI=1S/C22H26FN5O/c1-26-6-4-19(5-7-26)28(3)22(29)11-18-9-16-8-15(17-12-25-27(2)14-17)10-21(23)20(16)13-24-18/h8-10,12-14,19H,4-7,11H2,1-3H3. The smallest absolute Gasteiger partial charge is 0.228 e. The van der Waals surface area contributed by atoms with Gasteiger partial charge in [-0.1, -0.05) is 0 Å². The quantitative estimate of drug-likeness (QED) is 0.682. The van der Waals surface area contributed by atoms with Gasteiger partial charge in [-0.2, -0.15) is 5.10 Å². The minimum atomic E-state index is -0.324. The number of hydrogen-bond donors (Lipinski definition) is 0. The van der Waals surface area contributed by atoms with E-state index in [9.17, 15) is 9.18 Å². The number of piperidine rings is 1. The molecule has 0 aliphatic carbocycles. The number of benzene rings is 1. The predicted molar refractivity (Wildman–Crippen MR) is 111 cm³/mol. The van der Waals surface area contributed by atoms with Gasteiger partial charge in [0.05, 0.1) is 18.3 Å². The predicted octanol–water partition coefficient (Wildman–Crippen LogP) is 2.87. The molecule has 3 aromatic rings. The van der Waals surface area contributed by atoms with E-state index < -0.39 is 0 Å². The fraction of sp³-hybridized carbons (Fsp3) is 0.409. The van der Waals surface area contributed by atoms with Crippen LogP contribution in [0.4, 0.5) is 4.39 Å². The number of aryl methyl sites for hydroxylation is 1. The van der Waals surface area contributed by atoms with Crippen LogP contribution in [0.5, 0.6) is 0 Å². The lowest BCUT2D eigenvalue weighted by Gasteiger charge is -2.35. The van der Waals surface area contributed by atoms with Gasteiger partial charge in [-0.15, -0.1) is 0 Å². The number of carbonyl (C=O) groups excluding carboxylic acids is 1. The third kappa shape index (κ3) is 4.15. The maximum atomic E-state index is 14.6. The molecule has 1 aliphatic heterocycles. The molecule has 0 N–H and O–H groups in total. The Morgan fingerprint density at radius 1 is 1.17 bits per heavy atom. The Hall–Kier alpha value is -2.80. The topological polar surface area (TPSA) is 54.3 Å². The number of amides is 1. The molecule has 1 aliphatic rings. The Bertz CT molecular complexity index is 1040. The fourth-order valence-corrected chi connectivity index (χ4v) is 3.96. The molecule has 1 amide bonds. The van der Waals surface area contributed by atoms with Crippen molar-refractivity contribution in [3.8, 4) is 11.1 Å². The molecule has 29 heavy (non-hydrogen) atoms. The van der Waals surface area contributed by atoms with Crippen molar-refractivity contribution in [2.75, 3.05) is 27.2 Å². The Kier molecular flexibility index (Phi) is 5.32. The summed E-state index contributed by atoms with van der Waals surface area (Å²) in [5.41, 5.74) is 2.27. The van der Waals surface area contributed by atoms with Crippen molar-refractivity contribution < 1.29 is 9.18 Å². The van der Waals surface area contributed by atoms with E-state index in [1.165, 1.54) is 12.3 Å². The molecule has 0 unspecified atom stereocenters. The third-order valence-corrected chi connectivity index (χ3v) is 5.84. The van der Waals surface area contributed by atoms with E-state index >= 15 is 0 Å². The first-order valence-corrected chi connectivity index (χ1v) is 9.92. The van der Waals surface area contributed by atoms with Crippen molar-refractivity contribution in [1.29, 1.82) is 0 Å². The number of carbonyl (C=O) groups is 1. The highest BCUT2D eigenvalue weighted by Gasteiger charge is 2.24. The number of rotatable bonds is 4. The molecule has 1 aromatic carbocycles. The Balaban J connectivity index is 1.55. The first-order chi connectivity index (χ1) is 13.9. The Labute approximate surface area is 169 Å². The summed E-state index contributed by atoms with van der Waals surface area (Å²) in [5.74, 6) is -0.273. The number of pyridine rings is 1. The van der Waals surface area contributed by atoms with Gasteiger partial charge in [0.2, 0.25) is 5.91 Å². The third-order valence-electron chi connectivity index (χ3n) is 5.84. The van der Waals surface area contributed by atoms with Crippen LogP contribution in [0.15, 0.2) is 36.8 Å². The van der Waals surface area contributed by atoms with Crippen LogP contribution in [0, 0.1) is 5.82 Å². The maximum absolute atomic E-state index is 14.6. The van der Waals surface area contributed by atoms with Crippen molar-refractivity contribution in [1.82, 2.24) is 24.6 Å². The molecular weight excluding hydrogens is 369 g/mol. The van der Waals surface area contributed by atoms with Crippen LogP contribution in [-0.4, -0.2) is 63.7 Å². The molecule has 6 nitrogen and oxygen atoms in total. The second-order valence-corrected chi connectivity index (χ2v) is 7.97. The molecule has 4 rings (SSSR count). The summed E-state index contributed by atoms with van der Waals surface area (Å²) in [4.78, 5) is 21.3. The van der Waals surface area contributed by atoms with Gasteiger partial charge in [0.25, 0.3) is 0 Å². The van der Waals surface area contributed by atoms with E-state index in [1.807, 2.05) is 37.3 Å². The number of halogens is 1. The number of likely N-dealkylation sites (N-methyl/N-ethyl adjacent to an activating group) is 1. The van der Waals surface area contributed by atoms with E-state index in [2.05, 4.69) is 22.0 Å². The van der Waals surface area contributed by atoms with Gasteiger partial charge in [-0.3, -0.25) is 14.5 Å². The zero-order valence-corrected chi connectivity index (χ0v) is 17.1. The van der Waals surface area contributed by atoms with Crippen LogP contribution in [0.1, 0.15) is 18.5 Å². The number of aromatic nitrogens is 3. The monoisotopic (exact) mass is 395 g/mol. The van der Waals surface area contributed by atoms with Gasteiger partial charge in [0.1, 0.15) is 5.82 Å². The van der Waals surface area contributed by atoms with E-state index in [4.69, 9.17) is 0 Å². The van der Waals surface area contributed by atoms with Gasteiger partial charge in [-0.05, 0) is 62.1 Å². The number of hydrogen-bond acceptors (Lipinski definition) is 4. The van der Waals surface area contributed by atoms with Crippen LogP contribution in [0.2, 0.25) is 0 Å². The minimum absolute atomic E-state index is 0.0512. The molecule has 0 radical (unpaired) electrons. The van der Waals surface area contributed by atoms with Crippen molar-refractivity contribution in [2.24, 2.45) is 7.05 Å². The summed E-state index contributed by atoms with van der Waals surface area (Å²) in [5, 5.41) is 5.35. The zero-order chi connectivity index (χ0) is 20.5. The van der Waals surface area contributed by atoms with Gasteiger partial charge >= 0.3 is 0 Å². The fourth-order valence-electron chi connectivity index (χ4n) is 3.96. The normalized spacial score (nSPS) is 15.7. The van der Waals surface area contributed by atoms with Crippen molar-refractivity contribution in [3.05, 3.63) is 48.3 Å². The molecule has 2 aromatic heterocycles. The van der Waals surface area contributed by atoms with Crippen LogP contribution in [0.25, 0.3) is 21.9 Å². The van der Waals surface area contributed by atoms with Crippen molar-refractivity contribution >= 4 is 16.7 Å². The van der Waals surface area contributed by atoms with Crippen LogP contribution in [-0.2, 0) is 18.3 Å². The van der Waals surface area contributed by atoms with Gasteiger partial charge < -0.3 is 9.80 Å². The van der Waals surface area contributed by atoms with Gasteiger partial charge in [0.15, 0.2) is 0 Å². The second-order valence-electron chi connectivity index (χ2n) is 7.97. The zero-order valence-electron chi connectivity index (χ0n) is 17.1. The van der Waals surface area contributed by atoms with E-state index in [0.29, 0.717) is 11.1 Å². The van der Waals surface area contributed by atoms with E-state index in [-0.39, 0.29) is 24.2 Å². The van der Waals surface area contributed by atoms with Gasteiger partial charge in [-0.25, -0.2) is 4.39 Å². The summed E-state index contributed by atoms with van der Waals surface area (Å²) in [7, 11) is 5.81. The lowest BCUT2D eigenvalue weighted by atomic mass is 10.0. The summed E-state index contributed by atoms with van der Waals surface area (Å²) in [6.07, 6.45) is 7.28. The van der Waals surface area contributed by atoms with Gasteiger partial charge in [0, 0.05) is 43.5 Å². The first-order valence-electron chi connectivity index (χ1n) is 9.92. The summed E-state index contributed by atoms with van der Waals surface area (Å²) in [6, 6.07) is 5.51. The average molecular weight is 395 g/mol. The molecule has 1 saturated heterocycles. The highest BCUT2D eigenvalue weighted by molar-refractivity contribution is 5.88. The first kappa shape index (κ1) is 19.5. The average Bonchev–Trinajstić information content (AvgIpc) is 3.14. The molecule has 0 atom stereocenters. The highest BCUT2D eigenvalue weighted by atomic mass is 19.1. The second kappa shape index (κ2) is 7.91. The SMILES string of the molecule is CN1CCC(N(C)C(=O)Cc2cc3cc(-c4cnn(C)c4)cc(F)c3cn2)CC1. The molecule has 152 valence electrons. The maximum Gasteiger partial charge on any atom is 0.228 e. The number of nitrogens with zero attached hydrogens (tertiary/aromatic N) is 5. The molecule has 7 heteroatoms. The molecular formula is C22H26FN5O. The van der Waals surface area contributed by atoms with Crippen LogP contribution < -0.4 is 0 Å². The highest BCUT2D eigenvalue weighted by Crippen LogP contribution is 2.27. The van der Waals surface area contributed by atoms with Crippen molar-refractivity contribution in [3.63, 3.8) is 0 Å². The molecule has 0 bridgehead atoms. The lowest BCUT2D eigenvalue weighted by Crippen LogP contribution is -2.45. The lowest BCUT2D eigenvalue weighted by molar-refractivity contribution is -0.132. The summed E-state index contributed by atoms with van der Waals surface area (Å²) in [6.45, 7) is 2.01. The molecule has 3 heterocycles.